The van der Waals surface area contributed by atoms with Crippen molar-refractivity contribution in [3.05, 3.63) is 86.7 Å². The summed E-state index contributed by atoms with van der Waals surface area (Å²) in [7, 11) is 0. The molecule has 3 rings (SSSR count). The van der Waals surface area contributed by atoms with Crippen molar-refractivity contribution in [3.63, 3.8) is 0 Å². The molecule has 0 atom stereocenters. The van der Waals surface area contributed by atoms with Gasteiger partial charge in [0.15, 0.2) is 5.13 Å². The zero-order valence-corrected chi connectivity index (χ0v) is 16.4. The normalized spacial score (nSPS) is 10.4. The number of hydrogen-bond acceptors (Lipinski definition) is 5. The van der Waals surface area contributed by atoms with Crippen LogP contribution in [-0.4, -0.2) is 22.4 Å². The molecule has 2 aromatic carbocycles. The van der Waals surface area contributed by atoms with Gasteiger partial charge in [-0.15, -0.1) is 17.9 Å². The molecule has 0 unspecified atom stereocenters. The van der Waals surface area contributed by atoms with Gasteiger partial charge in [0, 0.05) is 29.1 Å². The first kappa shape index (κ1) is 18.9. The van der Waals surface area contributed by atoms with E-state index in [2.05, 4.69) is 27.5 Å². The molecule has 136 valence electrons. The van der Waals surface area contributed by atoms with Crippen molar-refractivity contribution in [1.29, 1.82) is 0 Å². The van der Waals surface area contributed by atoms with Crippen LogP contribution in [0.1, 0.15) is 10.4 Å². The molecule has 3 aromatic rings. The zero-order valence-electron chi connectivity index (χ0n) is 14.0. The number of aromatic nitrogens is 1. The second-order valence-corrected chi connectivity index (χ2v) is 7.20. The SMILES string of the molecule is C=CCN(C(=O)c1ccc(Br)c([N+](=O)[O-])c1)c1nc(-c2ccccc2)cs1. The number of thiazole rings is 1. The number of hydrogen-bond donors (Lipinski definition) is 0. The van der Waals surface area contributed by atoms with Gasteiger partial charge in [-0.2, -0.15) is 0 Å². The summed E-state index contributed by atoms with van der Waals surface area (Å²) < 4.78 is 0.319. The summed E-state index contributed by atoms with van der Waals surface area (Å²) in [6.07, 6.45) is 1.59. The minimum absolute atomic E-state index is 0.163. The monoisotopic (exact) mass is 443 g/mol. The average Bonchev–Trinajstić information content (AvgIpc) is 3.16. The van der Waals surface area contributed by atoms with Gasteiger partial charge in [-0.05, 0) is 28.1 Å². The largest absolute Gasteiger partial charge is 0.284 e. The molecule has 0 saturated heterocycles. The predicted molar refractivity (Wildman–Crippen MR) is 110 cm³/mol. The molecule has 1 amide bonds. The molecular formula is C19H14BrN3O3S. The number of anilines is 1. The molecule has 0 fully saturated rings. The Kier molecular flexibility index (Phi) is 5.78. The maximum atomic E-state index is 13.0. The lowest BCUT2D eigenvalue weighted by Crippen LogP contribution is -2.31. The molecule has 0 aliphatic rings. The maximum absolute atomic E-state index is 13.0. The van der Waals surface area contributed by atoms with Crippen molar-refractivity contribution in [2.45, 2.75) is 0 Å². The van der Waals surface area contributed by atoms with Gasteiger partial charge < -0.3 is 0 Å². The van der Waals surface area contributed by atoms with Crippen molar-refractivity contribution in [3.8, 4) is 11.3 Å². The Morgan fingerprint density at radius 2 is 2.04 bits per heavy atom. The highest BCUT2D eigenvalue weighted by molar-refractivity contribution is 9.10. The zero-order chi connectivity index (χ0) is 19.4. The van der Waals surface area contributed by atoms with E-state index in [0.717, 1.165) is 11.3 Å². The third-order valence-corrected chi connectivity index (χ3v) is 5.27. The van der Waals surface area contributed by atoms with E-state index in [1.54, 1.807) is 12.1 Å². The Morgan fingerprint density at radius 1 is 1.30 bits per heavy atom. The fourth-order valence-corrected chi connectivity index (χ4v) is 3.68. The minimum Gasteiger partial charge on any atom is -0.280 e. The van der Waals surface area contributed by atoms with Gasteiger partial charge >= 0.3 is 0 Å². The minimum atomic E-state index is -0.532. The van der Waals surface area contributed by atoms with Crippen LogP contribution in [0, 0.1) is 10.1 Å². The second kappa shape index (κ2) is 8.24. The molecule has 0 saturated carbocycles. The quantitative estimate of drug-likeness (QED) is 0.293. The maximum Gasteiger partial charge on any atom is 0.284 e. The van der Waals surface area contributed by atoms with Crippen LogP contribution in [0.15, 0.2) is 71.0 Å². The highest BCUT2D eigenvalue weighted by Gasteiger charge is 2.23. The van der Waals surface area contributed by atoms with Crippen LogP contribution in [0.2, 0.25) is 0 Å². The highest BCUT2D eigenvalue weighted by atomic mass is 79.9. The molecule has 8 heteroatoms. The Morgan fingerprint density at radius 3 is 2.70 bits per heavy atom. The predicted octanol–water partition coefficient (Wildman–Crippen LogP) is 5.31. The van der Waals surface area contributed by atoms with Gasteiger partial charge in [0.2, 0.25) is 0 Å². The molecule has 27 heavy (non-hydrogen) atoms. The van der Waals surface area contributed by atoms with Gasteiger partial charge in [-0.3, -0.25) is 19.8 Å². The number of amides is 1. The van der Waals surface area contributed by atoms with E-state index < -0.39 is 4.92 Å². The van der Waals surface area contributed by atoms with Crippen molar-refractivity contribution >= 4 is 44.0 Å². The molecule has 6 nitrogen and oxygen atoms in total. The van der Waals surface area contributed by atoms with Crippen LogP contribution in [0.25, 0.3) is 11.3 Å². The van der Waals surface area contributed by atoms with Gasteiger partial charge in [-0.1, -0.05) is 36.4 Å². The first-order valence-electron chi connectivity index (χ1n) is 7.89. The van der Waals surface area contributed by atoms with Gasteiger partial charge in [0.1, 0.15) is 0 Å². The van der Waals surface area contributed by atoms with E-state index in [4.69, 9.17) is 0 Å². The standard InChI is InChI=1S/C19H14BrN3O3S/c1-2-10-22(18(24)14-8-9-15(20)17(11-14)23(25)26)19-21-16(12-27-19)13-6-4-3-5-7-13/h2-9,11-12H,1,10H2. The molecule has 0 bridgehead atoms. The van der Waals surface area contributed by atoms with E-state index in [-0.39, 0.29) is 23.7 Å². The van der Waals surface area contributed by atoms with Gasteiger partial charge in [0.25, 0.3) is 11.6 Å². The van der Waals surface area contributed by atoms with Crippen molar-refractivity contribution in [1.82, 2.24) is 4.98 Å². The molecule has 1 aromatic heterocycles. The lowest BCUT2D eigenvalue weighted by atomic mass is 10.1. The Labute approximate surface area is 168 Å². The van der Waals surface area contributed by atoms with E-state index >= 15 is 0 Å². The molecule has 0 spiro atoms. The summed E-state index contributed by atoms with van der Waals surface area (Å²) in [6, 6.07) is 13.9. The first-order chi connectivity index (χ1) is 13.0. The van der Waals surface area contributed by atoms with E-state index in [9.17, 15) is 14.9 Å². The summed E-state index contributed by atoms with van der Waals surface area (Å²) in [5.41, 5.74) is 1.76. The molecule has 0 N–H and O–H groups in total. The second-order valence-electron chi connectivity index (χ2n) is 5.51. The number of halogens is 1. The molecule has 0 radical (unpaired) electrons. The third kappa shape index (κ3) is 4.12. The van der Waals surface area contributed by atoms with Crippen LogP contribution >= 0.6 is 27.3 Å². The molecule has 0 aliphatic heterocycles. The Hall–Kier alpha value is -2.84. The summed E-state index contributed by atoms with van der Waals surface area (Å²) in [5.74, 6) is -0.375. The molecule has 0 aliphatic carbocycles. The lowest BCUT2D eigenvalue weighted by molar-refractivity contribution is -0.385. The highest BCUT2D eigenvalue weighted by Crippen LogP contribution is 2.30. The molecule has 1 heterocycles. The number of nitro benzene ring substituents is 1. The third-order valence-electron chi connectivity index (χ3n) is 3.74. The van der Waals surface area contributed by atoms with Gasteiger partial charge in [-0.25, -0.2) is 4.98 Å². The lowest BCUT2D eigenvalue weighted by Gasteiger charge is -2.18. The summed E-state index contributed by atoms with van der Waals surface area (Å²) in [6.45, 7) is 3.93. The molecular weight excluding hydrogens is 430 g/mol. The summed E-state index contributed by atoms with van der Waals surface area (Å²) >= 11 is 4.46. The van der Waals surface area contributed by atoms with Crippen LogP contribution in [0.4, 0.5) is 10.8 Å². The summed E-state index contributed by atoms with van der Waals surface area (Å²) in [5, 5.41) is 13.5. The number of nitro groups is 1. The number of carbonyl (C=O) groups excluding carboxylic acids is 1. The van der Waals surface area contributed by atoms with E-state index in [1.165, 1.54) is 28.4 Å². The van der Waals surface area contributed by atoms with Crippen molar-refractivity contribution < 1.29 is 9.72 Å². The Bertz CT molecular complexity index is 1000. The fourth-order valence-electron chi connectivity index (χ4n) is 2.45. The number of carbonyl (C=O) groups is 1. The average molecular weight is 444 g/mol. The van der Waals surface area contributed by atoms with Crippen LogP contribution < -0.4 is 4.90 Å². The van der Waals surface area contributed by atoms with E-state index in [1.807, 2.05) is 35.7 Å². The summed E-state index contributed by atoms with van der Waals surface area (Å²) in [4.78, 5) is 29.6. The van der Waals surface area contributed by atoms with Crippen LogP contribution in [0.5, 0.6) is 0 Å². The van der Waals surface area contributed by atoms with Gasteiger partial charge in [0.05, 0.1) is 15.1 Å². The van der Waals surface area contributed by atoms with Crippen LogP contribution in [-0.2, 0) is 0 Å². The number of rotatable bonds is 6. The number of nitrogens with zero attached hydrogens (tertiary/aromatic N) is 3. The topological polar surface area (TPSA) is 76.3 Å². The van der Waals surface area contributed by atoms with Crippen molar-refractivity contribution in [2.24, 2.45) is 0 Å². The fraction of sp³-hybridized carbons (Fsp3) is 0.0526. The first-order valence-corrected chi connectivity index (χ1v) is 9.56. The van der Waals surface area contributed by atoms with Crippen LogP contribution in [0.3, 0.4) is 0 Å². The smallest absolute Gasteiger partial charge is 0.280 e. The Balaban J connectivity index is 1.95. The van der Waals surface area contributed by atoms with E-state index in [0.29, 0.717) is 9.60 Å². The number of benzene rings is 2. The van der Waals surface area contributed by atoms with Crippen molar-refractivity contribution in [2.75, 3.05) is 11.4 Å².